The highest BCUT2D eigenvalue weighted by atomic mass is 79.9. The smallest absolute Gasteiger partial charge is 0.410 e. The van der Waals surface area contributed by atoms with Crippen molar-refractivity contribution in [3.05, 3.63) is 28.7 Å². The van der Waals surface area contributed by atoms with Gasteiger partial charge in [0.1, 0.15) is 5.60 Å². The third-order valence-corrected chi connectivity index (χ3v) is 4.11. The van der Waals surface area contributed by atoms with Gasteiger partial charge in [0.25, 0.3) is 0 Å². The number of amides is 3. The molecular weight excluding hydrogens is 374 g/mol. The fourth-order valence-corrected chi connectivity index (χ4v) is 2.68. The Hall–Kier alpha value is -1.76. The van der Waals surface area contributed by atoms with Gasteiger partial charge < -0.3 is 20.3 Å². The predicted octanol–water partition coefficient (Wildman–Crippen LogP) is 3.97. The number of carbonyl (C=O) groups excluding carboxylic acids is 2. The van der Waals surface area contributed by atoms with Crippen molar-refractivity contribution in [1.82, 2.24) is 10.2 Å². The molecule has 0 bridgehead atoms. The summed E-state index contributed by atoms with van der Waals surface area (Å²) in [5.74, 6) is 0. The topological polar surface area (TPSA) is 70.7 Å². The van der Waals surface area contributed by atoms with Crippen LogP contribution in [0.25, 0.3) is 0 Å². The second-order valence-electron chi connectivity index (χ2n) is 6.85. The van der Waals surface area contributed by atoms with Crippen LogP contribution in [-0.2, 0) is 4.74 Å². The summed E-state index contributed by atoms with van der Waals surface area (Å²) < 4.78 is 6.33. The van der Waals surface area contributed by atoms with E-state index in [9.17, 15) is 9.59 Å². The third-order valence-electron chi connectivity index (χ3n) is 3.58. The molecule has 1 heterocycles. The summed E-state index contributed by atoms with van der Waals surface area (Å²) in [5, 5.41) is 5.75. The molecule has 1 saturated heterocycles. The van der Waals surface area contributed by atoms with Gasteiger partial charge in [0.15, 0.2) is 0 Å². The number of halogens is 1. The van der Waals surface area contributed by atoms with Gasteiger partial charge >= 0.3 is 12.1 Å². The first-order valence-corrected chi connectivity index (χ1v) is 8.83. The Morgan fingerprint density at radius 2 is 1.75 bits per heavy atom. The predicted molar refractivity (Wildman–Crippen MR) is 97.1 cm³/mol. The van der Waals surface area contributed by atoms with E-state index >= 15 is 0 Å². The summed E-state index contributed by atoms with van der Waals surface area (Å²) in [5.41, 5.74) is 0.249. The van der Waals surface area contributed by atoms with Crippen molar-refractivity contribution in [2.45, 2.75) is 45.3 Å². The largest absolute Gasteiger partial charge is 0.444 e. The molecule has 0 spiro atoms. The van der Waals surface area contributed by atoms with Gasteiger partial charge in [-0.2, -0.15) is 0 Å². The number of piperidine rings is 1. The lowest BCUT2D eigenvalue weighted by Gasteiger charge is -2.33. The monoisotopic (exact) mass is 397 g/mol. The SMILES string of the molecule is CC(C)(C)OC(=O)N1CCC(NC(=O)Nc2ccc(Br)cc2)CC1. The van der Waals surface area contributed by atoms with E-state index in [0.717, 1.165) is 10.2 Å². The molecule has 0 atom stereocenters. The van der Waals surface area contributed by atoms with Crippen molar-refractivity contribution in [3.63, 3.8) is 0 Å². The Morgan fingerprint density at radius 1 is 1.17 bits per heavy atom. The van der Waals surface area contributed by atoms with Gasteiger partial charge in [0.05, 0.1) is 0 Å². The first-order chi connectivity index (χ1) is 11.2. The summed E-state index contributed by atoms with van der Waals surface area (Å²) in [4.78, 5) is 25.7. The summed E-state index contributed by atoms with van der Waals surface area (Å²) in [6.07, 6.45) is 1.14. The Balaban J connectivity index is 1.75. The lowest BCUT2D eigenvalue weighted by atomic mass is 10.1. The molecule has 132 valence electrons. The number of anilines is 1. The Bertz CT molecular complexity index is 576. The fraction of sp³-hybridized carbons (Fsp3) is 0.529. The van der Waals surface area contributed by atoms with Crippen molar-refractivity contribution in [1.29, 1.82) is 0 Å². The summed E-state index contributed by atoms with van der Waals surface area (Å²) in [6, 6.07) is 7.22. The van der Waals surface area contributed by atoms with E-state index in [-0.39, 0.29) is 18.2 Å². The number of hydrogen-bond donors (Lipinski definition) is 2. The maximum atomic E-state index is 12.0. The van der Waals surface area contributed by atoms with E-state index in [4.69, 9.17) is 4.74 Å². The zero-order valence-corrected chi connectivity index (χ0v) is 15.9. The standard InChI is InChI=1S/C17H24BrN3O3/c1-17(2,3)24-16(23)21-10-8-14(9-11-21)20-15(22)19-13-6-4-12(18)5-7-13/h4-7,14H,8-11H2,1-3H3,(H2,19,20,22). The molecule has 6 nitrogen and oxygen atoms in total. The molecule has 1 aliphatic heterocycles. The maximum Gasteiger partial charge on any atom is 0.410 e. The third kappa shape index (κ3) is 6.03. The molecule has 24 heavy (non-hydrogen) atoms. The van der Waals surface area contributed by atoms with E-state index in [1.165, 1.54) is 0 Å². The van der Waals surface area contributed by atoms with Gasteiger partial charge in [-0.05, 0) is 57.9 Å². The average Bonchev–Trinajstić information content (AvgIpc) is 2.48. The van der Waals surface area contributed by atoms with Crippen LogP contribution in [0, 0.1) is 0 Å². The Labute approximate surface area is 151 Å². The lowest BCUT2D eigenvalue weighted by Crippen LogP contribution is -2.48. The van der Waals surface area contributed by atoms with Crippen molar-refractivity contribution in [2.24, 2.45) is 0 Å². The number of carbonyl (C=O) groups is 2. The molecule has 1 aromatic carbocycles. The lowest BCUT2D eigenvalue weighted by molar-refractivity contribution is 0.0202. The normalized spacial score (nSPS) is 15.8. The second-order valence-corrected chi connectivity index (χ2v) is 7.76. The highest BCUT2D eigenvalue weighted by molar-refractivity contribution is 9.10. The Kier molecular flexibility index (Phi) is 6.10. The van der Waals surface area contributed by atoms with Crippen molar-refractivity contribution in [2.75, 3.05) is 18.4 Å². The number of likely N-dealkylation sites (tertiary alicyclic amines) is 1. The van der Waals surface area contributed by atoms with Gasteiger partial charge in [-0.15, -0.1) is 0 Å². The summed E-state index contributed by atoms with van der Waals surface area (Å²) in [6.45, 7) is 6.72. The van der Waals surface area contributed by atoms with Crippen LogP contribution in [0.5, 0.6) is 0 Å². The maximum absolute atomic E-state index is 12.0. The summed E-state index contributed by atoms with van der Waals surface area (Å²) in [7, 11) is 0. The van der Waals surface area contributed by atoms with Crippen LogP contribution in [0.1, 0.15) is 33.6 Å². The van der Waals surface area contributed by atoms with Crippen molar-refractivity contribution >= 4 is 33.7 Å². The molecule has 0 saturated carbocycles. The van der Waals surface area contributed by atoms with E-state index < -0.39 is 5.60 Å². The van der Waals surface area contributed by atoms with Gasteiger partial charge in [-0.25, -0.2) is 9.59 Å². The van der Waals surface area contributed by atoms with Crippen LogP contribution in [0.3, 0.4) is 0 Å². The van der Waals surface area contributed by atoms with Crippen LogP contribution in [0.2, 0.25) is 0 Å². The minimum atomic E-state index is -0.489. The van der Waals surface area contributed by atoms with Gasteiger partial charge in [-0.1, -0.05) is 15.9 Å². The second kappa shape index (κ2) is 7.88. The molecule has 1 aliphatic rings. The fourth-order valence-electron chi connectivity index (χ4n) is 2.42. The number of nitrogens with zero attached hydrogens (tertiary/aromatic N) is 1. The van der Waals surface area contributed by atoms with Crippen LogP contribution < -0.4 is 10.6 Å². The van der Waals surface area contributed by atoms with E-state index in [1.54, 1.807) is 4.90 Å². The zero-order valence-electron chi connectivity index (χ0n) is 14.3. The summed E-state index contributed by atoms with van der Waals surface area (Å²) >= 11 is 3.36. The van der Waals surface area contributed by atoms with E-state index in [1.807, 2.05) is 45.0 Å². The van der Waals surface area contributed by atoms with Crippen molar-refractivity contribution in [3.8, 4) is 0 Å². The molecule has 0 unspecified atom stereocenters. The number of benzene rings is 1. The van der Waals surface area contributed by atoms with Crippen molar-refractivity contribution < 1.29 is 14.3 Å². The van der Waals surface area contributed by atoms with Crippen LogP contribution >= 0.6 is 15.9 Å². The minimum Gasteiger partial charge on any atom is -0.444 e. The zero-order chi connectivity index (χ0) is 17.7. The first kappa shape index (κ1) is 18.6. The van der Waals surface area contributed by atoms with Crippen LogP contribution in [-0.4, -0.2) is 41.8 Å². The molecule has 7 heteroatoms. The molecule has 0 aliphatic carbocycles. The highest BCUT2D eigenvalue weighted by Gasteiger charge is 2.27. The van der Waals surface area contributed by atoms with Gasteiger partial charge in [-0.3, -0.25) is 0 Å². The molecule has 2 rings (SSSR count). The van der Waals surface area contributed by atoms with E-state index in [2.05, 4.69) is 26.6 Å². The number of nitrogens with one attached hydrogen (secondary N) is 2. The Morgan fingerprint density at radius 3 is 2.29 bits per heavy atom. The molecule has 0 aromatic heterocycles. The number of rotatable bonds is 2. The minimum absolute atomic E-state index is 0.0548. The van der Waals surface area contributed by atoms with Crippen LogP contribution in [0.4, 0.5) is 15.3 Å². The molecule has 1 aromatic rings. The molecule has 0 radical (unpaired) electrons. The quantitative estimate of drug-likeness (QED) is 0.792. The highest BCUT2D eigenvalue weighted by Crippen LogP contribution is 2.16. The van der Waals surface area contributed by atoms with Gasteiger partial charge in [0, 0.05) is 29.3 Å². The number of ether oxygens (including phenoxy) is 1. The van der Waals surface area contributed by atoms with E-state index in [0.29, 0.717) is 25.9 Å². The average molecular weight is 398 g/mol. The number of urea groups is 1. The molecular formula is C17H24BrN3O3. The van der Waals surface area contributed by atoms with Crippen LogP contribution in [0.15, 0.2) is 28.7 Å². The molecule has 1 fully saturated rings. The molecule has 3 amide bonds. The first-order valence-electron chi connectivity index (χ1n) is 8.04. The van der Waals surface area contributed by atoms with Gasteiger partial charge in [0.2, 0.25) is 0 Å². The number of hydrogen-bond acceptors (Lipinski definition) is 3. The molecule has 2 N–H and O–H groups in total.